The number of hydrogen-bond donors (Lipinski definition) is 1. The van der Waals surface area contributed by atoms with Crippen LogP contribution >= 0.6 is 23.2 Å². The second-order valence-corrected chi connectivity index (χ2v) is 9.95. The predicted molar refractivity (Wildman–Crippen MR) is 110 cm³/mol. The average Bonchev–Trinajstić information content (AvgIpc) is 3.03. The zero-order chi connectivity index (χ0) is 25.6. The highest BCUT2D eigenvalue weighted by Gasteiger charge is 2.38. The highest BCUT2D eigenvalue weighted by atomic mass is 35.5. The molecule has 0 aliphatic carbocycles. The Morgan fingerprint density at radius 3 is 2.12 bits per heavy atom. The van der Waals surface area contributed by atoms with Crippen molar-refractivity contribution < 1.29 is 39.2 Å². The van der Waals surface area contributed by atoms with E-state index in [1.54, 1.807) is 0 Å². The Labute approximate surface area is 196 Å². The lowest BCUT2D eigenvalue weighted by atomic mass is 10.2. The first kappa shape index (κ1) is 26.2. The minimum Gasteiger partial charge on any atom is -0.368 e. The molecule has 0 amide bonds. The van der Waals surface area contributed by atoms with Crippen LogP contribution in [0.5, 0.6) is 0 Å². The molecule has 34 heavy (non-hydrogen) atoms. The van der Waals surface area contributed by atoms with Gasteiger partial charge in [-0.15, -0.1) is 5.10 Å². The molecular formula is C17H12Cl2F7N5O2S. The van der Waals surface area contributed by atoms with Crippen molar-refractivity contribution in [3.63, 3.8) is 0 Å². The highest BCUT2D eigenvalue weighted by molar-refractivity contribution is 7.90. The molecule has 0 aliphatic rings. The third-order valence-electron chi connectivity index (χ3n) is 4.29. The molecular weight excluding hydrogens is 542 g/mol. The van der Waals surface area contributed by atoms with E-state index >= 15 is 0 Å². The second-order valence-electron chi connectivity index (χ2n) is 6.88. The quantitative estimate of drug-likeness (QED) is 0.390. The van der Waals surface area contributed by atoms with Crippen LogP contribution in [0.3, 0.4) is 0 Å². The Morgan fingerprint density at radius 2 is 1.65 bits per heavy atom. The van der Waals surface area contributed by atoms with Gasteiger partial charge in [0, 0.05) is 18.4 Å². The lowest BCUT2D eigenvalue weighted by Gasteiger charge is -2.14. The molecule has 3 rings (SSSR count). The second kappa shape index (κ2) is 9.34. The number of aromatic nitrogens is 4. The zero-order valence-electron chi connectivity index (χ0n) is 16.6. The molecule has 0 atom stereocenters. The van der Waals surface area contributed by atoms with Crippen molar-refractivity contribution in [3.05, 3.63) is 39.3 Å². The molecule has 0 spiro atoms. The van der Waals surface area contributed by atoms with E-state index < -0.39 is 85.1 Å². The maximum absolute atomic E-state index is 13.7. The Bertz CT molecular complexity index is 1320. The predicted octanol–water partition coefficient (Wildman–Crippen LogP) is 5.47. The number of nitrogens with zero attached hydrogens (tertiary/aromatic N) is 4. The van der Waals surface area contributed by atoms with E-state index in [4.69, 9.17) is 23.2 Å². The van der Waals surface area contributed by atoms with E-state index in [0.29, 0.717) is 4.68 Å². The molecule has 0 radical (unpaired) electrons. The van der Waals surface area contributed by atoms with Crippen molar-refractivity contribution >= 4 is 49.9 Å². The van der Waals surface area contributed by atoms with E-state index in [9.17, 15) is 39.2 Å². The average molecular weight is 554 g/mol. The molecule has 0 saturated carbocycles. The van der Waals surface area contributed by atoms with Gasteiger partial charge < -0.3 is 5.32 Å². The number of anilines is 1. The number of sulfone groups is 1. The van der Waals surface area contributed by atoms with Crippen molar-refractivity contribution in [2.24, 2.45) is 0 Å². The summed E-state index contributed by atoms with van der Waals surface area (Å²) < 4.78 is 117. The summed E-state index contributed by atoms with van der Waals surface area (Å²) in [5.41, 5.74) is -3.12. The minimum atomic E-state index is -5.19. The van der Waals surface area contributed by atoms with Crippen molar-refractivity contribution in [2.75, 3.05) is 23.9 Å². The van der Waals surface area contributed by atoms with Gasteiger partial charge in [0.05, 0.1) is 21.2 Å². The van der Waals surface area contributed by atoms with Crippen molar-refractivity contribution in [2.45, 2.75) is 19.0 Å². The van der Waals surface area contributed by atoms with Gasteiger partial charge >= 0.3 is 6.18 Å². The molecule has 17 heteroatoms. The molecule has 0 aliphatic heterocycles. The van der Waals surface area contributed by atoms with Gasteiger partial charge in [-0.05, 0) is 12.1 Å². The minimum absolute atomic E-state index is 0.346. The van der Waals surface area contributed by atoms with Crippen molar-refractivity contribution in [1.82, 2.24) is 19.7 Å². The molecule has 1 aromatic carbocycles. The van der Waals surface area contributed by atoms with E-state index in [-0.39, 0.29) is 5.69 Å². The van der Waals surface area contributed by atoms with Crippen LogP contribution in [-0.2, 0) is 16.0 Å². The van der Waals surface area contributed by atoms with E-state index in [1.807, 2.05) is 0 Å². The third kappa shape index (κ3) is 5.46. The van der Waals surface area contributed by atoms with E-state index in [2.05, 4.69) is 20.4 Å². The summed E-state index contributed by atoms with van der Waals surface area (Å²) in [5, 5.41) is 4.73. The topological polar surface area (TPSA) is 89.8 Å². The number of nitrogens with one attached hydrogen (secondary N) is 1. The maximum atomic E-state index is 13.7. The van der Waals surface area contributed by atoms with Crippen molar-refractivity contribution in [3.8, 4) is 5.69 Å². The Morgan fingerprint density at radius 1 is 1.06 bits per heavy atom. The number of hydrogen-bond acceptors (Lipinski definition) is 6. The number of halogens is 9. The van der Waals surface area contributed by atoms with Crippen LogP contribution in [0.2, 0.25) is 10.0 Å². The van der Waals surface area contributed by atoms with E-state index in [1.165, 1.54) is 0 Å². The fourth-order valence-electron chi connectivity index (χ4n) is 2.89. The van der Waals surface area contributed by atoms with Crippen LogP contribution in [0.4, 0.5) is 36.6 Å². The van der Waals surface area contributed by atoms with Gasteiger partial charge in [-0.25, -0.2) is 40.6 Å². The van der Waals surface area contributed by atoms with Gasteiger partial charge in [0.2, 0.25) is 5.82 Å². The number of fused-ring (bicyclic) bond motifs is 1. The SMILES string of the molecule is CS(=O)(=O)CCNc1c2c(C(F)F)nc(C(F)(F)F)nc2nn1-c1c(Cl)cc(C(F)F)cc1Cl. The van der Waals surface area contributed by atoms with Crippen LogP contribution in [0.15, 0.2) is 12.1 Å². The van der Waals surface area contributed by atoms with Gasteiger partial charge in [-0.1, -0.05) is 23.2 Å². The highest BCUT2D eigenvalue weighted by Crippen LogP contribution is 2.40. The molecule has 3 aromatic rings. The lowest BCUT2D eigenvalue weighted by Crippen LogP contribution is -2.17. The summed E-state index contributed by atoms with van der Waals surface area (Å²) >= 11 is 12.1. The summed E-state index contributed by atoms with van der Waals surface area (Å²) in [5.74, 6) is -2.86. The molecule has 0 bridgehead atoms. The zero-order valence-corrected chi connectivity index (χ0v) is 19.0. The van der Waals surface area contributed by atoms with Crippen LogP contribution in [0, 0.1) is 0 Å². The largest absolute Gasteiger partial charge is 0.451 e. The summed E-state index contributed by atoms with van der Waals surface area (Å²) in [7, 11) is -3.55. The lowest BCUT2D eigenvalue weighted by molar-refractivity contribution is -0.145. The first-order valence-electron chi connectivity index (χ1n) is 8.95. The summed E-state index contributed by atoms with van der Waals surface area (Å²) in [6.45, 7) is -0.395. The fourth-order valence-corrected chi connectivity index (χ4v) is 4.03. The molecule has 186 valence electrons. The van der Waals surface area contributed by atoms with Gasteiger partial charge in [0.25, 0.3) is 12.9 Å². The van der Waals surface area contributed by atoms with Gasteiger partial charge in [-0.2, -0.15) is 13.2 Å². The third-order valence-corrected chi connectivity index (χ3v) is 5.81. The van der Waals surface area contributed by atoms with Crippen LogP contribution < -0.4 is 5.32 Å². The molecule has 2 heterocycles. The Kier molecular flexibility index (Phi) is 7.20. The van der Waals surface area contributed by atoms with Gasteiger partial charge in [0.1, 0.15) is 27.0 Å². The first-order valence-corrected chi connectivity index (χ1v) is 11.8. The van der Waals surface area contributed by atoms with Gasteiger partial charge in [-0.3, -0.25) is 0 Å². The first-order chi connectivity index (χ1) is 15.6. The van der Waals surface area contributed by atoms with Gasteiger partial charge in [0.15, 0.2) is 5.65 Å². The molecule has 0 saturated heterocycles. The van der Waals surface area contributed by atoms with Crippen LogP contribution in [0.1, 0.15) is 29.9 Å². The smallest absolute Gasteiger partial charge is 0.368 e. The van der Waals surface area contributed by atoms with Crippen LogP contribution in [-0.4, -0.2) is 46.7 Å². The number of benzene rings is 1. The fraction of sp³-hybridized carbons (Fsp3) is 0.353. The normalized spacial score (nSPS) is 12.8. The molecule has 2 aromatic heterocycles. The monoisotopic (exact) mass is 553 g/mol. The molecule has 0 unspecified atom stereocenters. The Balaban J connectivity index is 2.35. The molecule has 7 nitrogen and oxygen atoms in total. The molecule has 1 N–H and O–H groups in total. The number of rotatable bonds is 7. The summed E-state index contributed by atoms with van der Waals surface area (Å²) in [6, 6.07) is 1.61. The number of alkyl halides is 7. The van der Waals surface area contributed by atoms with Crippen molar-refractivity contribution in [1.29, 1.82) is 0 Å². The van der Waals surface area contributed by atoms with Crippen LogP contribution in [0.25, 0.3) is 16.7 Å². The van der Waals surface area contributed by atoms with E-state index in [0.717, 1.165) is 18.4 Å². The summed E-state index contributed by atoms with van der Waals surface area (Å²) in [6.07, 6.45) is -10.8. The maximum Gasteiger partial charge on any atom is 0.451 e. The standard InChI is InChI=1S/C17H12Cl2F7N5O2S/c1-34(32,33)3-2-27-15-9-10(13(22)23)28-16(17(24,25)26)29-14(9)30-31(15)11-7(18)4-6(12(20)21)5-8(11)19/h4-5,12-13,27H,2-3H2,1H3. The Hall–Kier alpha value is -2.39. The summed E-state index contributed by atoms with van der Waals surface area (Å²) in [4.78, 5) is 6.11. The molecule has 0 fully saturated rings.